The van der Waals surface area contributed by atoms with Gasteiger partial charge in [-0.2, -0.15) is 0 Å². The van der Waals surface area contributed by atoms with Crippen molar-refractivity contribution in [2.24, 2.45) is 0 Å². The standard InChI is InChI=1S/C10H10N4O2/c11-9-6-12-8(5-13-9)10(15)14-4-7-2-1-3-16-7/h1-3,5-6H,4H2,(H2,11,13)(H,14,15). The summed E-state index contributed by atoms with van der Waals surface area (Å²) in [5.74, 6) is 0.642. The van der Waals surface area contributed by atoms with Crippen molar-refractivity contribution in [2.45, 2.75) is 6.54 Å². The van der Waals surface area contributed by atoms with E-state index in [4.69, 9.17) is 10.2 Å². The summed E-state index contributed by atoms with van der Waals surface area (Å²) in [6, 6.07) is 3.53. The Hall–Kier alpha value is -2.37. The van der Waals surface area contributed by atoms with Gasteiger partial charge in [0.05, 0.1) is 25.2 Å². The minimum Gasteiger partial charge on any atom is -0.467 e. The number of nitrogen functional groups attached to an aromatic ring is 1. The lowest BCUT2D eigenvalue weighted by Gasteiger charge is -2.01. The molecule has 0 aliphatic rings. The second-order valence-corrected chi connectivity index (χ2v) is 3.09. The van der Waals surface area contributed by atoms with Crippen LogP contribution in [0.5, 0.6) is 0 Å². The maximum absolute atomic E-state index is 11.6. The first-order chi connectivity index (χ1) is 7.75. The Morgan fingerprint density at radius 1 is 1.44 bits per heavy atom. The molecule has 0 fully saturated rings. The molecular weight excluding hydrogens is 208 g/mol. The lowest BCUT2D eigenvalue weighted by Crippen LogP contribution is -2.23. The molecule has 2 rings (SSSR count). The van der Waals surface area contributed by atoms with E-state index in [0.717, 1.165) is 0 Å². The number of aromatic nitrogens is 2. The molecular formula is C10H10N4O2. The van der Waals surface area contributed by atoms with Gasteiger partial charge >= 0.3 is 0 Å². The predicted molar refractivity (Wildman–Crippen MR) is 56.3 cm³/mol. The number of hydrogen-bond donors (Lipinski definition) is 2. The molecule has 16 heavy (non-hydrogen) atoms. The fourth-order valence-electron chi connectivity index (χ4n) is 1.13. The van der Waals surface area contributed by atoms with E-state index >= 15 is 0 Å². The van der Waals surface area contributed by atoms with Crippen LogP contribution in [0.3, 0.4) is 0 Å². The summed E-state index contributed by atoms with van der Waals surface area (Å²) >= 11 is 0. The zero-order valence-corrected chi connectivity index (χ0v) is 8.38. The maximum atomic E-state index is 11.6. The monoisotopic (exact) mass is 218 g/mol. The van der Waals surface area contributed by atoms with Gasteiger partial charge in [0.1, 0.15) is 17.3 Å². The van der Waals surface area contributed by atoms with Crippen molar-refractivity contribution in [3.8, 4) is 0 Å². The van der Waals surface area contributed by atoms with Gasteiger partial charge in [-0.25, -0.2) is 9.97 Å². The van der Waals surface area contributed by atoms with Crippen LogP contribution < -0.4 is 11.1 Å². The average Bonchev–Trinajstić information content (AvgIpc) is 2.80. The molecule has 2 aromatic heterocycles. The molecule has 0 saturated heterocycles. The van der Waals surface area contributed by atoms with Gasteiger partial charge in [-0.05, 0) is 12.1 Å². The van der Waals surface area contributed by atoms with E-state index in [1.54, 1.807) is 18.4 Å². The third-order valence-corrected chi connectivity index (χ3v) is 1.91. The van der Waals surface area contributed by atoms with Crippen LogP contribution in [0.1, 0.15) is 16.2 Å². The molecule has 1 amide bonds. The number of furan rings is 1. The summed E-state index contributed by atoms with van der Waals surface area (Å²) in [5.41, 5.74) is 5.58. The summed E-state index contributed by atoms with van der Waals surface area (Å²) in [7, 11) is 0. The molecule has 0 aliphatic carbocycles. The zero-order valence-electron chi connectivity index (χ0n) is 8.38. The lowest BCUT2D eigenvalue weighted by molar-refractivity contribution is 0.0942. The summed E-state index contributed by atoms with van der Waals surface area (Å²) in [6.07, 6.45) is 4.21. The van der Waals surface area contributed by atoms with Crippen LogP contribution in [-0.4, -0.2) is 15.9 Å². The number of carbonyl (C=O) groups excluding carboxylic acids is 1. The quantitative estimate of drug-likeness (QED) is 0.785. The molecule has 2 aromatic rings. The van der Waals surface area contributed by atoms with Gasteiger partial charge in [-0.1, -0.05) is 0 Å². The molecule has 0 saturated carbocycles. The van der Waals surface area contributed by atoms with Crippen molar-refractivity contribution < 1.29 is 9.21 Å². The third kappa shape index (κ3) is 2.35. The molecule has 0 aromatic carbocycles. The first-order valence-electron chi connectivity index (χ1n) is 4.64. The van der Waals surface area contributed by atoms with Gasteiger partial charge in [0, 0.05) is 0 Å². The fourth-order valence-corrected chi connectivity index (χ4v) is 1.13. The van der Waals surface area contributed by atoms with Crippen molar-refractivity contribution in [1.82, 2.24) is 15.3 Å². The molecule has 82 valence electrons. The maximum Gasteiger partial charge on any atom is 0.271 e. The Bertz CT molecular complexity index is 464. The summed E-state index contributed by atoms with van der Waals surface area (Å²) in [5, 5.41) is 2.64. The fraction of sp³-hybridized carbons (Fsp3) is 0.100. The zero-order chi connectivity index (χ0) is 11.4. The molecule has 6 nitrogen and oxygen atoms in total. The Balaban J connectivity index is 1.95. The van der Waals surface area contributed by atoms with Crippen LogP contribution in [0.15, 0.2) is 35.2 Å². The van der Waals surface area contributed by atoms with Crippen LogP contribution in [0.4, 0.5) is 5.82 Å². The van der Waals surface area contributed by atoms with Gasteiger partial charge < -0.3 is 15.5 Å². The molecule has 0 atom stereocenters. The average molecular weight is 218 g/mol. The Labute approximate surface area is 91.5 Å². The second kappa shape index (κ2) is 4.43. The van der Waals surface area contributed by atoms with Gasteiger partial charge in [-0.15, -0.1) is 0 Å². The Kier molecular flexibility index (Phi) is 2.81. The Morgan fingerprint density at radius 3 is 2.94 bits per heavy atom. The molecule has 2 heterocycles. The van der Waals surface area contributed by atoms with Crippen LogP contribution in [0.2, 0.25) is 0 Å². The van der Waals surface area contributed by atoms with Gasteiger partial charge in [0.25, 0.3) is 5.91 Å². The number of amides is 1. The van der Waals surface area contributed by atoms with Gasteiger partial charge in [0.2, 0.25) is 0 Å². The topological polar surface area (TPSA) is 94.0 Å². The number of nitrogens with one attached hydrogen (secondary N) is 1. The molecule has 0 radical (unpaired) electrons. The Morgan fingerprint density at radius 2 is 2.31 bits per heavy atom. The number of hydrogen-bond acceptors (Lipinski definition) is 5. The highest BCUT2D eigenvalue weighted by atomic mass is 16.3. The van der Waals surface area contributed by atoms with Crippen molar-refractivity contribution in [2.75, 3.05) is 5.73 Å². The normalized spacial score (nSPS) is 10.0. The SMILES string of the molecule is Nc1cnc(C(=O)NCc2ccco2)cn1. The first kappa shape index (κ1) is 10.2. The highest BCUT2D eigenvalue weighted by molar-refractivity contribution is 5.91. The van der Waals surface area contributed by atoms with E-state index in [2.05, 4.69) is 15.3 Å². The largest absolute Gasteiger partial charge is 0.467 e. The molecule has 0 unspecified atom stereocenters. The van der Waals surface area contributed by atoms with E-state index in [0.29, 0.717) is 12.3 Å². The third-order valence-electron chi connectivity index (χ3n) is 1.91. The predicted octanol–water partition coefficient (Wildman–Crippen LogP) is 0.582. The smallest absolute Gasteiger partial charge is 0.271 e. The van der Waals surface area contributed by atoms with Crippen molar-refractivity contribution in [1.29, 1.82) is 0 Å². The van der Waals surface area contributed by atoms with Crippen molar-refractivity contribution in [3.63, 3.8) is 0 Å². The first-order valence-corrected chi connectivity index (χ1v) is 4.64. The summed E-state index contributed by atoms with van der Waals surface area (Å²) in [6.45, 7) is 0.317. The van der Waals surface area contributed by atoms with E-state index in [-0.39, 0.29) is 17.4 Å². The highest BCUT2D eigenvalue weighted by Gasteiger charge is 2.07. The van der Waals surface area contributed by atoms with Crippen LogP contribution in [-0.2, 0) is 6.54 Å². The van der Waals surface area contributed by atoms with Gasteiger partial charge in [0.15, 0.2) is 0 Å². The second-order valence-electron chi connectivity index (χ2n) is 3.09. The molecule has 6 heteroatoms. The highest BCUT2D eigenvalue weighted by Crippen LogP contribution is 2.00. The summed E-state index contributed by atoms with van der Waals surface area (Å²) < 4.78 is 5.07. The number of nitrogens with zero attached hydrogens (tertiary/aromatic N) is 2. The number of carbonyl (C=O) groups is 1. The van der Waals surface area contributed by atoms with Crippen LogP contribution >= 0.6 is 0 Å². The molecule has 0 aliphatic heterocycles. The minimum atomic E-state index is -0.316. The van der Waals surface area contributed by atoms with Crippen LogP contribution in [0.25, 0.3) is 0 Å². The van der Waals surface area contributed by atoms with E-state index in [9.17, 15) is 4.79 Å². The molecule has 0 bridgehead atoms. The van der Waals surface area contributed by atoms with Crippen LogP contribution in [0, 0.1) is 0 Å². The molecule has 3 N–H and O–H groups in total. The van der Waals surface area contributed by atoms with Crippen molar-refractivity contribution in [3.05, 3.63) is 42.2 Å². The van der Waals surface area contributed by atoms with E-state index < -0.39 is 0 Å². The number of rotatable bonds is 3. The van der Waals surface area contributed by atoms with Gasteiger partial charge in [-0.3, -0.25) is 4.79 Å². The van der Waals surface area contributed by atoms with E-state index in [1.165, 1.54) is 12.4 Å². The lowest BCUT2D eigenvalue weighted by atomic mass is 10.4. The number of nitrogens with two attached hydrogens (primary N) is 1. The van der Waals surface area contributed by atoms with E-state index in [1.807, 2.05) is 0 Å². The number of anilines is 1. The molecule has 0 spiro atoms. The van der Waals surface area contributed by atoms with Crippen molar-refractivity contribution >= 4 is 11.7 Å². The minimum absolute atomic E-state index is 0.223. The summed E-state index contributed by atoms with van der Waals surface area (Å²) in [4.78, 5) is 19.2.